The Balaban J connectivity index is 2.59. The number of rotatable bonds is 4. The highest BCUT2D eigenvalue weighted by atomic mass is 35.5. The van der Waals surface area contributed by atoms with Crippen molar-refractivity contribution in [2.45, 2.75) is 23.9 Å². The predicted molar refractivity (Wildman–Crippen MR) is 62.4 cm³/mol. The maximum absolute atomic E-state index is 11.9. The van der Waals surface area contributed by atoms with Crippen molar-refractivity contribution in [3.63, 3.8) is 0 Å². The van der Waals surface area contributed by atoms with Gasteiger partial charge in [-0.3, -0.25) is 4.21 Å². The molecule has 0 saturated carbocycles. The van der Waals surface area contributed by atoms with Gasteiger partial charge in [-0.15, -0.1) is 0 Å². The van der Waals surface area contributed by atoms with Crippen LogP contribution in [0.4, 0.5) is 18.9 Å². The third-order valence-electron chi connectivity index (χ3n) is 1.99. The van der Waals surface area contributed by atoms with Gasteiger partial charge in [0.15, 0.2) is 0 Å². The minimum absolute atomic E-state index is 0.0663. The zero-order chi connectivity index (χ0) is 13.1. The zero-order valence-corrected chi connectivity index (χ0v) is 10.3. The molecule has 0 saturated heterocycles. The molecule has 1 aromatic carbocycles. The van der Waals surface area contributed by atoms with Gasteiger partial charge < -0.3 is 5.73 Å². The maximum Gasteiger partial charge on any atom is 0.389 e. The number of anilines is 1. The van der Waals surface area contributed by atoms with Crippen LogP contribution >= 0.6 is 11.6 Å². The van der Waals surface area contributed by atoms with E-state index in [9.17, 15) is 17.4 Å². The summed E-state index contributed by atoms with van der Waals surface area (Å²) in [5.74, 6) is -0.0663. The van der Waals surface area contributed by atoms with Gasteiger partial charge in [-0.1, -0.05) is 11.6 Å². The molecule has 0 amide bonds. The highest BCUT2D eigenvalue weighted by Gasteiger charge is 2.26. The van der Waals surface area contributed by atoms with Gasteiger partial charge in [0, 0.05) is 17.9 Å². The molecule has 0 radical (unpaired) electrons. The molecule has 0 spiro atoms. The lowest BCUT2D eigenvalue weighted by molar-refractivity contribution is -0.134. The second-order valence-corrected chi connectivity index (χ2v) is 5.40. The van der Waals surface area contributed by atoms with Gasteiger partial charge in [0.2, 0.25) is 0 Å². The smallest absolute Gasteiger partial charge is 0.389 e. The molecule has 0 fully saturated rings. The molecule has 0 aliphatic heterocycles. The lowest BCUT2D eigenvalue weighted by atomic mass is 10.3. The maximum atomic E-state index is 11.9. The fraction of sp³-hybridized carbons (Fsp3) is 0.400. The molecule has 1 atom stereocenters. The minimum Gasteiger partial charge on any atom is -0.399 e. The summed E-state index contributed by atoms with van der Waals surface area (Å²) in [6.45, 7) is 0. The predicted octanol–water partition coefficient (Wildman–Crippen LogP) is 3.37. The fourth-order valence-corrected chi connectivity index (χ4v) is 2.79. The first-order valence-electron chi connectivity index (χ1n) is 4.80. The molecule has 96 valence electrons. The van der Waals surface area contributed by atoms with Crippen molar-refractivity contribution in [2.75, 3.05) is 11.5 Å². The average molecular weight is 286 g/mol. The number of nitrogens with two attached hydrogens (primary N) is 1. The monoisotopic (exact) mass is 285 g/mol. The van der Waals surface area contributed by atoms with Crippen molar-refractivity contribution in [1.29, 1.82) is 0 Å². The Morgan fingerprint density at radius 1 is 1.35 bits per heavy atom. The second kappa shape index (κ2) is 5.73. The van der Waals surface area contributed by atoms with E-state index in [1.54, 1.807) is 0 Å². The summed E-state index contributed by atoms with van der Waals surface area (Å²) < 4.78 is 47.4. The molecule has 1 aromatic rings. The highest BCUT2D eigenvalue weighted by molar-refractivity contribution is 7.85. The summed E-state index contributed by atoms with van der Waals surface area (Å²) >= 11 is 5.80. The van der Waals surface area contributed by atoms with Crippen molar-refractivity contribution in [1.82, 2.24) is 0 Å². The molecule has 2 nitrogen and oxygen atoms in total. The molecule has 0 aliphatic carbocycles. The summed E-state index contributed by atoms with van der Waals surface area (Å²) in [6.07, 6.45) is -5.34. The first kappa shape index (κ1) is 14.3. The summed E-state index contributed by atoms with van der Waals surface area (Å²) in [7, 11) is -1.53. The number of alkyl halides is 3. The van der Waals surface area contributed by atoms with E-state index in [1.165, 1.54) is 18.2 Å². The van der Waals surface area contributed by atoms with Crippen LogP contribution in [-0.2, 0) is 10.8 Å². The molecule has 17 heavy (non-hydrogen) atoms. The van der Waals surface area contributed by atoms with Gasteiger partial charge in [0.05, 0.1) is 20.7 Å². The fourth-order valence-electron chi connectivity index (χ4n) is 1.22. The van der Waals surface area contributed by atoms with Gasteiger partial charge in [0.1, 0.15) is 0 Å². The first-order chi connectivity index (χ1) is 7.79. The van der Waals surface area contributed by atoms with Crippen molar-refractivity contribution >= 4 is 28.1 Å². The van der Waals surface area contributed by atoms with Crippen molar-refractivity contribution in [3.05, 3.63) is 23.2 Å². The van der Waals surface area contributed by atoms with E-state index in [0.29, 0.717) is 10.6 Å². The third-order valence-corrected chi connectivity index (χ3v) is 3.92. The van der Waals surface area contributed by atoms with Crippen LogP contribution in [0.3, 0.4) is 0 Å². The molecular weight excluding hydrogens is 275 g/mol. The van der Waals surface area contributed by atoms with Crippen LogP contribution in [0.2, 0.25) is 5.02 Å². The first-order valence-corrected chi connectivity index (χ1v) is 6.49. The van der Waals surface area contributed by atoms with E-state index in [-0.39, 0.29) is 17.2 Å². The third kappa shape index (κ3) is 4.95. The molecule has 2 N–H and O–H groups in total. The molecule has 1 unspecified atom stereocenters. The van der Waals surface area contributed by atoms with E-state index >= 15 is 0 Å². The number of halogens is 4. The number of hydrogen-bond donors (Lipinski definition) is 1. The molecule has 7 heteroatoms. The Bertz CT molecular complexity index is 423. The Morgan fingerprint density at radius 3 is 2.53 bits per heavy atom. The summed E-state index contributed by atoms with van der Waals surface area (Å²) in [4.78, 5) is 0.322. The minimum atomic E-state index is -4.21. The number of hydrogen-bond acceptors (Lipinski definition) is 2. The largest absolute Gasteiger partial charge is 0.399 e. The molecule has 0 aromatic heterocycles. The summed E-state index contributed by atoms with van der Waals surface area (Å²) in [5.41, 5.74) is 5.87. The quantitative estimate of drug-likeness (QED) is 0.862. The zero-order valence-electron chi connectivity index (χ0n) is 8.76. The second-order valence-electron chi connectivity index (χ2n) is 3.46. The van der Waals surface area contributed by atoms with Gasteiger partial charge in [0.25, 0.3) is 0 Å². The number of nitrogen functional groups attached to an aromatic ring is 1. The van der Waals surface area contributed by atoms with Crippen molar-refractivity contribution in [2.24, 2.45) is 0 Å². The lowest BCUT2D eigenvalue weighted by Crippen LogP contribution is -2.09. The summed E-state index contributed by atoms with van der Waals surface area (Å²) in [5, 5.41) is 0.218. The van der Waals surface area contributed by atoms with Gasteiger partial charge >= 0.3 is 6.18 Å². The Kier molecular flexibility index (Phi) is 4.82. The average Bonchev–Trinajstić information content (AvgIpc) is 2.15. The van der Waals surface area contributed by atoms with Crippen LogP contribution in [0.5, 0.6) is 0 Å². The standard InChI is InChI=1S/C10H11ClF3NOS/c11-8-6-7(15)2-3-9(8)17(16)5-1-4-10(12,13)14/h2-3,6H,1,4-5,15H2. The Hall–Kier alpha value is -0.750. The molecule has 0 bridgehead atoms. The molecule has 1 rings (SSSR count). The molecular formula is C10H11ClF3NOS. The van der Waals surface area contributed by atoms with E-state index in [1.807, 2.05) is 0 Å². The van der Waals surface area contributed by atoms with Crippen LogP contribution < -0.4 is 5.73 Å². The van der Waals surface area contributed by atoms with E-state index in [2.05, 4.69) is 0 Å². The normalized spacial score (nSPS) is 13.6. The van der Waals surface area contributed by atoms with Crippen molar-refractivity contribution in [3.8, 4) is 0 Å². The Morgan fingerprint density at radius 2 is 2.00 bits per heavy atom. The van der Waals surface area contributed by atoms with Crippen molar-refractivity contribution < 1.29 is 17.4 Å². The van der Waals surface area contributed by atoms with Gasteiger partial charge in [-0.2, -0.15) is 13.2 Å². The van der Waals surface area contributed by atoms with E-state index in [0.717, 1.165) is 0 Å². The SMILES string of the molecule is Nc1ccc(S(=O)CCCC(F)(F)F)c(Cl)c1. The van der Waals surface area contributed by atoms with Crippen LogP contribution in [-0.4, -0.2) is 16.1 Å². The molecule has 0 aliphatic rings. The van der Waals surface area contributed by atoms with Gasteiger partial charge in [-0.25, -0.2) is 0 Å². The highest BCUT2D eigenvalue weighted by Crippen LogP contribution is 2.25. The van der Waals surface area contributed by atoms with Crippen LogP contribution in [0, 0.1) is 0 Å². The van der Waals surface area contributed by atoms with Crippen LogP contribution in [0.1, 0.15) is 12.8 Å². The number of benzene rings is 1. The van der Waals surface area contributed by atoms with E-state index < -0.39 is 23.4 Å². The Labute approximate surface area is 104 Å². The van der Waals surface area contributed by atoms with Gasteiger partial charge in [-0.05, 0) is 24.6 Å². The van der Waals surface area contributed by atoms with Crippen LogP contribution in [0.15, 0.2) is 23.1 Å². The van der Waals surface area contributed by atoms with Crippen LogP contribution in [0.25, 0.3) is 0 Å². The topological polar surface area (TPSA) is 43.1 Å². The lowest BCUT2D eigenvalue weighted by Gasteiger charge is -2.07. The summed E-state index contributed by atoms with van der Waals surface area (Å²) in [6, 6.07) is 4.42. The van der Waals surface area contributed by atoms with E-state index in [4.69, 9.17) is 17.3 Å². The molecule has 0 heterocycles.